The number of fused-ring (bicyclic) bond motifs is 1. The Balaban J connectivity index is 1.93. The smallest absolute Gasteiger partial charge is 0.225 e. The summed E-state index contributed by atoms with van der Waals surface area (Å²) in [6, 6.07) is 2.12. The number of aromatic nitrogens is 4. The molecule has 3 aromatic heterocycles. The van der Waals surface area contributed by atoms with Crippen molar-refractivity contribution in [3.63, 3.8) is 0 Å². The van der Waals surface area contributed by atoms with Gasteiger partial charge in [-0.25, -0.2) is 4.98 Å². The lowest BCUT2D eigenvalue weighted by molar-refractivity contribution is 0.756. The maximum atomic E-state index is 4.53. The van der Waals surface area contributed by atoms with Gasteiger partial charge in [0.05, 0.1) is 11.1 Å². The van der Waals surface area contributed by atoms with E-state index in [0.29, 0.717) is 12.5 Å². The van der Waals surface area contributed by atoms with Crippen molar-refractivity contribution in [2.75, 3.05) is 17.7 Å². The fourth-order valence-electron chi connectivity index (χ4n) is 2.29. The molecule has 0 aliphatic carbocycles. The van der Waals surface area contributed by atoms with Crippen LogP contribution in [0.4, 0.5) is 11.8 Å². The van der Waals surface area contributed by atoms with Gasteiger partial charge in [-0.2, -0.15) is 10.1 Å². The van der Waals surface area contributed by atoms with E-state index in [9.17, 15) is 0 Å². The summed E-state index contributed by atoms with van der Waals surface area (Å²) in [7, 11) is 3.76. The van der Waals surface area contributed by atoms with Crippen molar-refractivity contribution in [2.45, 2.75) is 20.4 Å². The van der Waals surface area contributed by atoms with Gasteiger partial charge in [0.1, 0.15) is 10.6 Å². The third-order valence-electron chi connectivity index (χ3n) is 3.30. The Labute approximate surface area is 127 Å². The van der Waals surface area contributed by atoms with Crippen LogP contribution in [0.2, 0.25) is 0 Å². The lowest BCUT2D eigenvalue weighted by Crippen LogP contribution is -2.05. The predicted octanol–water partition coefficient (Wildman–Crippen LogP) is 2.70. The molecule has 0 atom stereocenters. The van der Waals surface area contributed by atoms with Gasteiger partial charge in [-0.3, -0.25) is 4.68 Å². The molecule has 3 heterocycles. The summed E-state index contributed by atoms with van der Waals surface area (Å²) in [5.74, 6) is 1.49. The molecule has 3 aromatic rings. The first-order chi connectivity index (χ1) is 10.1. The summed E-state index contributed by atoms with van der Waals surface area (Å²) < 4.78 is 1.83. The van der Waals surface area contributed by atoms with Crippen LogP contribution in [0.1, 0.15) is 16.1 Å². The summed E-state index contributed by atoms with van der Waals surface area (Å²) in [5, 5.41) is 11.8. The van der Waals surface area contributed by atoms with Gasteiger partial charge in [0.2, 0.25) is 5.95 Å². The molecule has 0 aliphatic rings. The van der Waals surface area contributed by atoms with Crippen LogP contribution in [0.3, 0.4) is 0 Å². The lowest BCUT2D eigenvalue weighted by atomic mass is 10.2. The minimum Gasteiger partial charge on any atom is -0.365 e. The van der Waals surface area contributed by atoms with Crippen molar-refractivity contribution in [1.29, 1.82) is 0 Å². The molecule has 7 heteroatoms. The van der Waals surface area contributed by atoms with Crippen LogP contribution in [0.15, 0.2) is 12.3 Å². The zero-order valence-electron chi connectivity index (χ0n) is 12.6. The van der Waals surface area contributed by atoms with Gasteiger partial charge in [0, 0.05) is 37.3 Å². The highest BCUT2D eigenvalue weighted by Crippen LogP contribution is 2.29. The lowest BCUT2D eigenvalue weighted by Gasteiger charge is -2.08. The van der Waals surface area contributed by atoms with E-state index in [4.69, 9.17) is 0 Å². The molecule has 110 valence electrons. The maximum absolute atomic E-state index is 4.53. The molecule has 0 saturated heterocycles. The van der Waals surface area contributed by atoms with E-state index in [-0.39, 0.29) is 0 Å². The fourth-order valence-corrected chi connectivity index (χ4v) is 3.17. The van der Waals surface area contributed by atoms with E-state index < -0.39 is 0 Å². The average Bonchev–Trinajstić information content (AvgIpc) is 2.97. The molecule has 0 radical (unpaired) electrons. The molecule has 0 aromatic carbocycles. The van der Waals surface area contributed by atoms with Crippen LogP contribution >= 0.6 is 11.3 Å². The summed E-state index contributed by atoms with van der Waals surface area (Å²) >= 11 is 1.68. The first-order valence-electron chi connectivity index (χ1n) is 6.75. The second-order valence-corrected chi connectivity index (χ2v) is 6.22. The highest BCUT2D eigenvalue weighted by atomic mass is 32.1. The standard InChI is InChI=1S/C14H18N6S/c1-8-5-11-12(17-14(15-3)18-13(11)21-8)16-6-10-7-20(4)19-9(10)2/h5,7H,6H2,1-4H3,(H2,15,16,17,18). The second-order valence-electron chi connectivity index (χ2n) is 4.99. The molecule has 0 saturated carbocycles. The number of thiophene rings is 1. The van der Waals surface area contributed by atoms with Crippen molar-refractivity contribution in [2.24, 2.45) is 7.05 Å². The molecule has 0 spiro atoms. The third-order valence-corrected chi connectivity index (χ3v) is 4.25. The van der Waals surface area contributed by atoms with Gasteiger partial charge in [0.15, 0.2) is 0 Å². The molecule has 2 N–H and O–H groups in total. The molecule has 0 fully saturated rings. The first kappa shape index (κ1) is 13.8. The average molecular weight is 302 g/mol. The molecular formula is C14H18N6S. The number of anilines is 2. The molecule has 6 nitrogen and oxygen atoms in total. The van der Waals surface area contributed by atoms with Gasteiger partial charge in [-0.1, -0.05) is 0 Å². The molecule has 0 aliphatic heterocycles. The van der Waals surface area contributed by atoms with Crippen molar-refractivity contribution >= 4 is 33.3 Å². The number of nitrogens with zero attached hydrogens (tertiary/aromatic N) is 4. The maximum Gasteiger partial charge on any atom is 0.225 e. The van der Waals surface area contributed by atoms with E-state index in [1.807, 2.05) is 31.9 Å². The number of hydrogen-bond acceptors (Lipinski definition) is 6. The Morgan fingerprint density at radius 3 is 2.76 bits per heavy atom. The van der Waals surface area contributed by atoms with E-state index in [2.05, 4.69) is 38.7 Å². The Morgan fingerprint density at radius 1 is 1.29 bits per heavy atom. The van der Waals surface area contributed by atoms with E-state index in [0.717, 1.165) is 21.7 Å². The first-order valence-corrected chi connectivity index (χ1v) is 7.57. The largest absolute Gasteiger partial charge is 0.365 e. The minimum absolute atomic E-state index is 0.634. The van der Waals surface area contributed by atoms with Crippen LogP contribution in [0, 0.1) is 13.8 Å². The Morgan fingerprint density at radius 2 is 2.10 bits per heavy atom. The molecule has 0 unspecified atom stereocenters. The Hall–Kier alpha value is -2.15. The number of hydrogen-bond donors (Lipinski definition) is 2. The quantitative estimate of drug-likeness (QED) is 0.775. The predicted molar refractivity (Wildman–Crippen MR) is 87.0 cm³/mol. The highest BCUT2D eigenvalue weighted by Gasteiger charge is 2.11. The number of rotatable bonds is 4. The van der Waals surface area contributed by atoms with Gasteiger partial charge in [-0.15, -0.1) is 11.3 Å². The summed E-state index contributed by atoms with van der Waals surface area (Å²) in [6.45, 7) is 4.80. The van der Waals surface area contributed by atoms with Gasteiger partial charge in [-0.05, 0) is 19.9 Å². The number of nitrogens with one attached hydrogen (secondary N) is 2. The van der Waals surface area contributed by atoms with E-state index >= 15 is 0 Å². The summed E-state index contributed by atoms with van der Waals surface area (Å²) in [6.07, 6.45) is 2.03. The summed E-state index contributed by atoms with van der Waals surface area (Å²) in [5.41, 5.74) is 2.20. The fraction of sp³-hybridized carbons (Fsp3) is 0.357. The molecule has 0 amide bonds. The van der Waals surface area contributed by atoms with Gasteiger partial charge < -0.3 is 10.6 Å². The second kappa shape index (κ2) is 5.33. The SMILES string of the molecule is CNc1nc(NCc2cn(C)nc2C)c2cc(C)sc2n1. The van der Waals surface area contributed by atoms with Crippen molar-refractivity contribution in [3.05, 3.63) is 28.4 Å². The Bertz CT molecular complexity index is 788. The van der Waals surface area contributed by atoms with Crippen molar-refractivity contribution < 1.29 is 0 Å². The van der Waals surface area contributed by atoms with Crippen LogP contribution in [-0.2, 0) is 13.6 Å². The zero-order valence-corrected chi connectivity index (χ0v) is 13.4. The van der Waals surface area contributed by atoms with Gasteiger partial charge >= 0.3 is 0 Å². The molecular weight excluding hydrogens is 284 g/mol. The van der Waals surface area contributed by atoms with Crippen LogP contribution in [0.5, 0.6) is 0 Å². The topological polar surface area (TPSA) is 67.7 Å². The highest BCUT2D eigenvalue weighted by molar-refractivity contribution is 7.18. The Kier molecular flexibility index (Phi) is 3.50. The third kappa shape index (κ3) is 2.69. The van der Waals surface area contributed by atoms with Crippen molar-refractivity contribution in [3.8, 4) is 0 Å². The molecule has 3 rings (SSSR count). The van der Waals surface area contributed by atoms with Crippen LogP contribution in [0.25, 0.3) is 10.2 Å². The molecule has 21 heavy (non-hydrogen) atoms. The summed E-state index contributed by atoms with van der Waals surface area (Å²) in [4.78, 5) is 11.2. The minimum atomic E-state index is 0.634. The monoisotopic (exact) mass is 302 g/mol. The van der Waals surface area contributed by atoms with Gasteiger partial charge in [0.25, 0.3) is 0 Å². The van der Waals surface area contributed by atoms with Crippen LogP contribution in [-0.4, -0.2) is 26.8 Å². The zero-order chi connectivity index (χ0) is 15.0. The normalized spacial score (nSPS) is 11.0. The number of aryl methyl sites for hydroxylation is 3. The van der Waals surface area contributed by atoms with E-state index in [1.165, 1.54) is 10.4 Å². The van der Waals surface area contributed by atoms with Crippen molar-refractivity contribution in [1.82, 2.24) is 19.7 Å². The van der Waals surface area contributed by atoms with E-state index in [1.54, 1.807) is 11.3 Å². The van der Waals surface area contributed by atoms with Crippen LogP contribution < -0.4 is 10.6 Å². The molecule has 0 bridgehead atoms.